The summed E-state index contributed by atoms with van der Waals surface area (Å²) in [6, 6.07) is 0. The van der Waals surface area contributed by atoms with Crippen LogP contribution in [0.15, 0.2) is 0 Å². The summed E-state index contributed by atoms with van der Waals surface area (Å²) in [5, 5.41) is 0.596. The molecule has 1 fully saturated rings. The van der Waals surface area contributed by atoms with Crippen LogP contribution in [0.25, 0.3) is 0 Å². The zero-order valence-corrected chi connectivity index (χ0v) is 7.49. The number of rotatable bonds is 2. The van der Waals surface area contributed by atoms with Gasteiger partial charge < -0.3 is 4.74 Å². The van der Waals surface area contributed by atoms with E-state index in [1.807, 2.05) is 11.8 Å². The third kappa shape index (κ3) is 1.87. The lowest BCUT2D eigenvalue weighted by Gasteiger charge is -2.33. The van der Waals surface area contributed by atoms with E-state index in [1.165, 1.54) is 0 Å². The molecule has 0 aromatic rings. The summed E-state index contributed by atoms with van der Waals surface area (Å²) in [7, 11) is 0. The molecule has 10 heavy (non-hydrogen) atoms. The molecule has 0 spiro atoms. The standard InChI is InChI=1S/C7H15NOS/c1-3-8-4-5-9-6-7(8)10-2/h7H,3-6H2,1-2H3/t7-/m1/s1. The second-order valence-electron chi connectivity index (χ2n) is 2.39. The molecule has 0 bridgehead atoms. The van der Waals surface area contributed by atoms with Gasteiger partial charge >= 0.3 is 0 Å². The highest BCUT2D eigenvalue weighted by Gasteiger charge is 2.19. The second-order valence-corrected chi connectivity index (χ2v) is 3.41. The average Bonchev–Trinajstić information content (AvgIpc) is 2.04. The van der Waals surface area contributed by atoms with E-state index in [0.717, 1.165) is 26.3 Å². The first kappa shape index (κ1) is 8.37. The lowest BCUT2D eigenvalue weighted by molar-refractivity contribution is 0.0276. The molecule has 0 saturated carbocycles. The van der Waals surface area contributed by atoms with Crippen LogP contribution in [0.1, 0.15) is 6.92 Å². The Morgan fingerprint density at radius 3 is 3.00 bits per heavy atom. The van der Waals surface area contributed by atoms with Crippen molar-refractivity contribution in [2.45, 2.75) is 12.3 Å². The fourth-order valence-electron chi connectivity index (χ4n) is 1.19. The molecule has 0 unspecified atom stereocenters. The molecule has 1 aliphatic rings. The first-order valence-corrected chi connectivity index (χ1v) is 5.02. The van der Waals surface area contributed by atoms with Crippen LogP contribution in [0.4, 0.5) is 0 Å². The quantitative estimate of drug-likeness (QED) is 0.600. The largest absolute Gasteiger partial charge is 0.378 e. The molecule has 0 aromatic heterocycles. The van der Waals surface area contributed by atoms with Crippen molar-refractivity contribution in [1.29, 1.82) is 0 Å². The van der Waals surface area contributed by atoms with E-state index in [2.05, 4.69) is 18.1 Å². The summed E-state index contributed by atoms with van der Waals surface area (Å²) in [6.45, 7) is 6.26. The zero-order valence-electron chi connectivity index (χ0n) is 6.67. The van der Waals surface area contributed by atoms with Crippen LogP contribution in [0.5, 0.6) is 0 Å². The molecule has 1 heterocycles. The summed E-state index contributed by atoms with van der Waals surface area (Å²) in [4.78, 5) is 2.45. The molecule has 1 atom stereocenters. The molecule has 0 aliphatic carbocycles. The minimum atomic E-state index is 0.596. The molecule has 60 valence electrons. The highest BCUT2D eigenvalue weighted by molar-refractivity contribution is 7.99. The molecule has 3 heteroatoms. The van der Waals surface area contributed by atoms with Crippen molar-refractivity contribution >= 4 is 11.8 Å². The third-order valence-corrected chi connectivity index (χ3v) is 2.85. The first-order valence-electron chi connectivity index (χ1n) is 3.73. The van der Waals surface area contributed by atoms with E-state index in [9.17, 15) is 0 Å². The zero-order chi connectivity index (χ0) is 7.40. The Morgan fingerprint density at radius 2 is 2.50 bits per heavy atom. The topological polar surface area (TPSA) is 12.5 Å². The Hall–Kier alpha value is 0.270. The Kier molecular flexibility index (Phi) is 3.52. The van der Waals surface area contributed by atoms with Gasteiger partial charge in [0.1, 0.15) is 0 Å². The minimum Gasteiger partial charge on any atom is -0.378 e. The molecule has 1 rings (SSSR count). The Labute approximate surface area is 66.9 Å². The summed E-state index contributed by atoms with van der Waals surface area (Å²) in [6.07, 6.45) is 2.14. The highest BCUT2D eigenvalue weighted by Crippen LogP contribution is 2.15. The van der Waals surface area contributed by atoms with Crippen molar-refractivity contribution in [2.24, 2.45) is 0 Å². The van der Waals surface area contributed by atoms with E-state index in [-0.39, 0.29) is 0 Å². The number of likely N-dealkylation sites (N-methyl/N-ethyl adjacent to an activating group) is 1. The monoisotopic (exact) mass is 161 g/mol. The van der Waals surface area contributed by atoms with Gasteiger partial charge in [-0.2, -0.15) is 0 Å². The minimum absolute atomic E-state index is 0.596. The van der Waals surface area contributed by atoms with Gasteiger partial charge in [-0.25, -0.2) is 0 Å². The molecule has 0 radical (unpaired) electrons. The van der Waals surface area contributed by atoms with E-state index < -0.39 is 0 Å². The summed E-state index contributed by atoms with van der Waals surface area (Å²) in [5.41, 5.74) is 0. The van der Waals surface area contributed by atoms with Crippen molar-refractivity contribution in [3.63, 3.8) is 0 Å². The van der Waals surface area contributed by atoms with Gasteiger partial charge in [-0.05, 0) is 12.8 Å². The van der Waals surface area contributed by atoms with Crippen molar-refractivity contribution < 1.29 is 4.74 Å². The van der Waals surface area contributed by atoms with Crippen molar-refractivity contribution in [1.82, 2.24) is 4.90 Å². The lowest BCUT2D eigenvalue weighted by atomic mass is 10.4. The van der Waals surface area contributed by atoms with Crippen molar-refractivity contribution in [2.75, 3.05) is 32.6 Å². The van der Waals surface area contributed by atoms with E-state index in [1.54, 1.807) is 0 Å². The van der Waals surface area contributed by atoms with Gasteiger partial charge in [-0.1, -0.05) is 6.92 Å². The van der Waals surface area contributed by atoms with E-state index >= 15 is 0 Å². The maximum atomic E-state index is 5.34. The average molecular weight is 161 g/mol. The molecule has 0 amide bonds. The van der Waals surface area contributed by atoms with Crippen molar-refractivity contribution in [3.8, 4) is 0 Å². The lowest BCUT2D eigenvalue weighted by Crippen LogP contribution is -2.42. The van der Waals surface area contributed by atoms with Crippen LogP contribution in [0.2, 0.25) is 0 Å². The van der Waals surface area contributed by atoms with E-state index in [4.69, 9.17) is 4.74 Å². The molecule has 1 saturated heterocycles. The number of hydrogen-bond donors (Lipinski definition) is 0. The maximum Gasteiger partial charge on any atom is 0.0792 e. The summed E-state index contributed by atoms with van der Waals surface area (Å²) in [5.74, 6) is 0. The van der Waals surface area contributed by atoms with Gasteiger partial charge in [0.2, 0.25) is 0 Å². The van der Waals surface area contributed by atoms with Gasteiger partial charge in [0, 0.05) is 6.54 Å². The summed E-state index contributed by atoms with van der Waals surface area (Å²) >= 11 is 1.88. The van der Waals surface area contributed by atoms with Crippen LogP contribution in [-0.2, 0) is 4.74 Å². The molecule has 1 aliphatic heterocycles. The highest BCUT2D eigenvalue weighted by atomic mass is 32.2. The van der Waals surface area contributed by atoms with Crippen LogP contribution in [-0.4, -0.2) is 42.8 Å². The molecule has 0 N–H and O–H groups in total. The predicted molar refractivity (Wildman–Crippen MR) is 45.4 cm³/mol. The number of thioether (sulfide) groups is 1. The maximum absolute atomic E-state index is 5.34. The Bertz CT molecular complexity index is 87.6. The normalized spacial score (nSPS) is 28.8. The fraction of sp³-hybridized carbons (Fsp3) is 1.00. The number of ether oxygens (including phenoxy) is 1. The fourth-order valence-corrected chi connectivity index (χ4v) is 1.98. The van der Waals surface area contributed by atoms with Gasteiger partial charge in [0.25, 0.3) is 0 Å². The summed E-state index contributed by atoms with van der Waals surface area (Å²) < 4.78 is 5.34. The van der Waals surface area contributed by atoms with Gasteiger partial charge in [-0.3, -0.25) is 4.90 Å². The Morgan fingerprint density at radius 1 is 1.70 bits per heavy atom. The number of nitrogens with zero attached hydrogens (tertiary/aromatic N) is 1. The van der Waals surface area contributed by atoms with Crippen LogP contribution < -0.4 is 0 Å². The van der Waals surface area contributed by atoms with Gasteiger partial charge in [0.15, 0.2) is 0 Å². The second kappa shape index (κ2) is 4.21. The number of hydrogen-bond acceptors (Lipinski definition) is 3. The predicted octanol–water partition coefficient (Wildman–Crippen LogP) is 1.03. The van der Waals surface area contributed by atoms with Crippen LogP contribution in [0, 0.1) is 0 Å². The molecular weight excluding hydrogens is 146 g/mol. The number of morpholine rings is 1. The molecule has 0 aromatic carbocycles. The van der Waals surface area contributed by atoms with E-state index in [0.29, 0.717) is 5.37 Å². The third-order valence-electron chi connectivity index (χ3n) is 1.87. The van der Waals surface area contributed by atoms with Gasteiger partial charge in [-0.15, -0.1) is 11.8 Å². The van der Waals surface area contributed by atoms with Crippen molar-refractivity contribution in [3.05, 3.63) is 0 Å². The SMILES string of the molecule is CCN1CCOC[C@H]1SC. The molecular formula is C7H15NOS. The molecule has 2 nitrogen and oxygen atoms in total. The Balaban J connectivity index is 2.34. The van der Waals surface area contributed by atoms with Crippen LogP contribution >= 0.6 is 11.8 Å². The van der Waals surface area contributed by atoms with Gasteiger partial charge in [0.05, 0.1) is 18.6 Å². The van der Waals surface area contributed by atoms with Crippen LogP contribution in [0.3, 0.4) is 0 Å². The smallest absolute Gasteiger partial charge is 0.0792 e. The first-order chi connectivity index (χ1) is 4.88.